The van der Waals surface area contributed by atoms with Gasteiger partial charge >= 0.3 is 0 Å². The molecule has 0 radical (unpaired) electrons. The topological polar surface area (TPSA) is 64.6 Å². The third-order valence-electron chi connectivity index (χ3n) is 3.33. The first-order chi connectivity index (χ1) is 9.93. The maximum atomic E-state index is 11.7. The SMILES string of the molecule is CCCCS(=O)(=O)NCCc1cc(OC)c(OC)cc1C. The van der Waals surface area contributed by atoms with Crippen molar-refractivity contribution in [2.24, 2.45) is 0 Å². The van der Waals surface area contributed by atoms with Crippen molar-refractivity contribution in [3.63, 3.8) is 0 Å². The molecule has 0 spiro atoms. The van der Waals surface area contributed by atoms with Gasteiger partial charge in [0.2, 0.25) is 10.0 Å². The van der Waals surface area contributed by atoms with Crippen molar-refractivity contribution in [3.8, 4) is 11.5 Å². The van der Waals surface area contributed by atoms with Crippen LogP contribution in [0.1, 0.15) is 30.9 Å². The van der Waals surface area contributed by atoms with Gasteiger partial charge in [-0.25, -0.2) is 13.1 Å². The molecule has 0 unspecified atom stereocenters. The molecule has 0 atom stereocenters. The fourth-order valence-corrected chi connectivity index (χ4v) is 3.27. The number of nitrogens with one attached hydrogen (secondary N) is 1. The van der Waals surface area contributed by atoms with Gasteiger partial charge in [-0.15, -0.1) is 0 Å². The third-order valence-corrected chi connectivity index (χ3v) is 4.80. The highest BCUT2D eigenvalue weighted by molar-refractivity contribution is 7.89. The second-order valence-electron chi connectivity index (χ2n) is 4.95. The van der Waals surface area contributed by atoms with Crippen LogP contribution >= 0.6 is 0 Å². The van der Waals surface area contributed by atoms with Crippen LogP contribution in [-0.4, -0.2) is 34.9 Å². The number of benzene rings is 1. The Morgan fingerprint density at radius 3 is 2.33 bits per heavy atom. The molecule has 0 heterocycles. The molecule has 5 nitrogen and oxygen atoms in total. The summed E-state index contributed by atoms with van der Waals surface area (Å²) in [6, 6.07) is 3.80. The van der Waals surface area contributed by atoms with Crippen LogP contribution in [0.2, 0.25) is 0 Å². The lowest BCUT2D eigenvalue weighted by molar-refractivity contribution is 0.354. The number of rotatable bonds is 9. The van der Waals surface area contributed by atoms with Gasteiger partial charge in [-0.2, -0.15) is 0 Å². The second kappa shape index (κ2) is 8.24. The van der Waals surface area contributed by atoms with E-state index in [1.54, 1.807) is 14.2 Å². The Kier molecular flexibility index (Phi) is 6.98. The molecule has 0 aromatic heterocycles. The Balaban J connectivity index is 2.67. The Labute approximate surface area is 127 Å². The minimum absolute atomic E-state index is 0.189. The van der Waals surface area contributed by atoms with Crippen molar-refractivity contribution in [1.29, 1.82) is 0 Å². The molecule has 0 fully saturated rings. The van der Waals surface area contributed by atoms with Crippen LogP contribution < -0.4 is 14.2 Å². The fourth-order valence-electron chi connectivity index (χ4n) is 2.04. The summed E-state index contributed by atoms with van der Waals surface area (Å²) in [5.41, 5.74) is 2.10. The normalized spacial score (nSPS) is 11.4. The zero-order valence-electron chi connectivity index (χ0n) is 13.2. The van der Waals surface area contributed by atoms with Crippen LogP contribution in [0, 0.1) is 6.92 Å². The van der Waals surface area contributed by atoms with Crippen LogP contribution in [0.25, 0.3) is 0 Å². The summed E-state index contributed by atoms with van der Waals surface area (Å²) in [5.74, 6) is 1.53. The molecule has 1 N–H and O–H groups in total. The van der Waals surface area contributed by atoms with Crippen LogP contribution in [0.4, 0.5) is 0 Å². The molecule has 0 saturated heterocycles. The Hall–Kier alpha value is -1.27. The number of hydrogen-bond donors (Lipinski definition) is 1. The molecule has 1 aromatic rings. The number of methoxy groups -OCH3 is 2. The van der Waals surface area contributed by atoms with E-state index in [1.165, 1.54) is 0 Å². The lowest BCUT2D eigenvalue weighted by Crippen LogP contribution is -2.28. The van der Waals surface area contributed by atoms with E-state index in [2.05, 4.69) is 4.72 Å². The molecule has 0 aliphatic heterocycles. The highest BCUT2D eigenvalue weighted by atomic mass is 32.2. The van der Waals surface area contributed by atoms with Gasteiger partial charge in [0.25, 0.3) is 0 Å². The monoisotopic (exact) mass is 315 g/mol. The van der Waals surface area contributed by atoms with Gasteiger partial charge in [-0.05, 0) is 43.0 Å². The van der Waals surface area contributed by atoms with Crippen LogP contribution in [0.15, 0.2) is 12.1 Å². The van der Waals surface area contributed by atoms with Crippen molar-refractivity contribution in [2.45, 2.75) is 33.1 Å². The minimum Gasteiger partial charge on any atom is -0.493 e. The average molecular weight is 315 g/mol. The highest BCUT2D eigenvalue weighted by Crippen LogP contribution is 2.30. The molecular weight excluding hydrogens is 290 g/mol. The quantitative estimate of drug-likeness (QED) is 0.759. The maximum absolute atomic E-state index is 11.7. The van der Waals surface area contributed by atoms with Gasteiger partial charge in [0.05, 0.1) is 20.0 Å². The molecule has 0 aliphatic carbocycles. The zero-order valence-corrected chi connectivity index (χ0v) is 14.0. The third kappa shape index (κ3) is 5.55. The second-order valence-corrected chi connectivity index (χ2v) is 6.88. The summed E-state index contributed by atoms with van der Waals surface area (Å²) in [5, 5.41) is 0. The predicted octanol–water partition coefficient (Wildman–Crippen LogP) is 2.27. The summed E-state index contributed by atoms with van der Waals surface area (Å²) in [4.78, 5) is 0. The molecule has 0 saturated carbocycles. The van der Waals surface area contributed by atoms with Crippen molar-refractivity contribution >= 4 is 10.0 Å². The number of aryl methyl sites for hydroxylation is 1. The van der Waals surface area contributed by atoms with Crippen LogP contribution in [0.5, 0.6) is 11.5 Å². The minimum atomic E-state index is -3.16. The summed E-state index contributed by atoms with van der Waals surface area (Å²) in [6.45, 7) is 4.34. The first kappa shape index (κ1) is 17.8. The summed E-state index contributed by atoms with van der Waals surface area (Å²) in [6.07, 6.45) is 2.18. The zero-order chi connectivity index (χ0) is 15.9. The lowest BCUT2D eigenvalue weighted by atomic mass is 10.0. The summed E-state index contributed by atoms with van der Waals surface area (Å²) in [7, 11) is 0.0226. The number of unbranched alkanes of at least 4 members (excludes halogenated alkanes) is 1. The lowest BCUT2D eigenvalue weighted by Gasteiger charge is -2.13. The van der Waals surface area contributed by atoms with E-state index >= 15 is 0 Å². The Morgan fingerprint density at radius 2 is 1.76 bits per heavy atom. The fraction of sp³-hybridized carbons (Fsp3) is 0.600. The standard InChI is InChI=1S/C15H25NO4S/c1-5-6-9-21(17,18)16-8-7-13-11-15(20-4)14(19-3)10-12(13)2/h10-11,16H,5-9H2,1-4H3. The van der Waals surface area contributed by atoms with Crippen LogP contribution in [-0.2, 0) is 16.4 Å². The van der Waals surface area contributed by atoms with Crippen LogP contribution in [0.3, 0.4) is 0 Å². The van der Waals surface area contributed by atoms with Crippen molar-refractivity contribution < 1.29 is 17.9 Å². The van der Waals surface area contributed by atoms with Gasteiger partial charge in [-0.1, -0.05) is 13.3 Å². The summed E-state index contributed by atoms with van der Waals surface area (Å²) >= 11 is 0. The Bertz CT molecular complexity index is 555. The van der Waals surface area contributed by atoms with Crippen molar-refractivity contribution in [2.75, 3.05) is 26.5 Å². The van der Waals surface area contributed by atoms with E-state index in [0.717, 1.165) is 17.5 Å². The average Bonchev–Trinajstić information content (AvgIpc) is 2.46. The Morgan fingerprint density at radius 1 is 1.14 bits per heavy atom. The molecule has 6 heteroatoms. The van der Waals surface area contributed by atoms with E-state index in [-0.39, 0.29) is 5.75 Å². The molecule has 0 amide bonds. The van der Waals surface area contributed by atoms with Crippen molar-refractivity contribution in [3.05, 3.63) is 23.3 Å². The van der Waals surface area contributed by atoms with Gasteiger partial charge in [0, 0.05) is 6.54 Å². The molecule has 120 valence electrons. The van der Waals surface area contributed by atoms with Gasteiger partial charge in [0.15, 0.2) is 11.5 Å². The van der Waals surface area contributed by atoms with Gasteiger partial charge in [-0.3, -0.25) is 0 Å². The van der Waals surface area contributed by atoms with E-state index in [4.69, 9.17) is 9.47 Å². The van der Waals surface area contributed by atoms with E-state index < -0.39 is 10.0 Å². The molecule has 1 aromatic carbocycles. The molecule has 21 heavy (non-hydrogen) atoms. The van der Waals surface area contributed by atoms with Gasteiger partial charge < -0.3 is 9.47 Å². The highest BCUT2D eigenvalue weighted by Gasteiger charge is 2.11. The number of sulfonamides is 1. The molecular formula is C15H25NO4S. The summed E-state index contributed by atoms with van der Waals surface area (Å²) < 4.78 is 36.6. The predicted molar refractivity (Wildman–Crippen MR) is 84.7 cm³/mol. The van der Waals surface area contributed by atoms with E-state index in [9.17, 15) is 8.42 Å². The molecule has 0 bridgehead atoms. The maximum Gasteiger partial charge on any atom is 0.211 e. The van der Waals surface area contributed by atoms with Gasteiger partial charge in [0.1, 0.15) is 0 Å². The largest absolute Gasteiger partial charge is 0.493 e. The number of ether oxygens (including phenoxy) is 2. The smallest absolute Gasteiger partial charge is 0.211 e. The van der Waals surface area contributed by atoms with E-state index in [1.807, 2.05) is 26.0 Å². The molecule has 1 rings (SSSR count). The first-order valence-corrected chi connectivity index (χ1v) is 8.77. The first-order valence-electron chi connectivity index (χ1n) is 7.12. The van der Waals surface area contributed by atoms with E-state index in [0.29, 0.717) is 30.9 Å². The number of hydrogen-bond acceptors (Lipinski definition) is 4. The molecule has 0 aliphatic rings. The van der Waals surface area contributed by atoms with Crippen molar-refractivity contribution in [1.82, 2.24) is 4.72 Å².